The van der Waals surface area contributed by atoms with E-state index in [-0.39, 0.29) is 30.8 Å². The van der Waals surface area contributed by atoms with Gasteiger partial charge in [0.25, 0.3) is 11.8 Å². The van der Waals surface area contributed by atoms with Crippen molar-refractivity contribution >= 4 is 11.8 Å². The van der Waals surface area contributed by atoms with Crippen LogP contribution in [-0.4, -0.2) is 47.2 Å². The van der Waals surface area contributed by atoms with Crippen molar-refractivity contribution in [3.8, 4) is 22.7 Å². The van der Waals surface area contributed by atoms with E-state index in [0.29, 0.717) is 17.0 Å². The van der Waals surface area contributed by atoms with Crippen molar-refractivity contribution in [1.82, 2.24) is 20.0 Å². The number of carbonyl (C=O) groups excluding carboxylic acids is 2. The van der Waals surface area contributed by atoms with Gasteiger partial charge < -0.3 is 15.0 Å². The van der Waals surface area contributed by atoms with E-state index in [9.17, 15) is 14.0 Å². The first-order valence-electron chi connectivity index (χ1n) is 11.0. The number of carbonyl (C=O) groups is 2. The lowest BCUT2D eigenvalue weighted by atomic mass is 10.1. The topological polar surface area (TPSA) is 76.5 Å². The van der Waals surface area contributed by atoms with Crippen LogP contribution in [0.25, 0.3) is 16.9 Å². The number of amides is 2. The summed E-state index contributed by atoms with van der Waals surface area (Å²) in [5.41, 5.74) is 3.30. The van der Waals surface area contributed by atoms with Crippen LogP contribution < -0.4 is 10.1 Å². The van der Waals surface area contributed by atoms with Gasteiger partial charge >= 0.3 is 0 Å². The molecule has 0 radical (unpaired) electrons. The van der Waals surface area contributed by atoms with E-state index in [1.807, 2.05) is 36.5 Å². The minimum atomic E-state index is -0.351. The molecule has 1 heterocycles. The normalized spacial score (nSPS) is 10.6. The number of ether oxygens (including phenoxy) is 1. The van der Waals surface area contributed by atoms with E-state index in [1.54, 1.807) is 55.2 Å². The van der Waals surface area contributed by atoms with Crippen LogP contribution in [0.1, 0.15) is 15.9 Å². The Morgan fingerprint density at radius 1 is 0.971 bits per heavy atom. The van der Waals surface area contributed by atoms with Crippen molar-refractivity contribution in [2.45, 2.75) is 6.54 Å². The number of aromatic nitrogens is 2. The van der Waals surface area contributed by atoms with Gasteiger partial charge in [0, 0.05) is 38.0 Å². The van der Waals surface area contributed by atoms with Crippen LogP contribution in [0.15, 0.2) is 85.1 Å². The zero-order chi connectivity index (χ0) is 24.8. The Bertz CT molecular complexity index is 1320. The molecule has 4 aromatic rings. The van der Waals surface area contributed by atoms with Gasteiger partial charge in [-0.25, -0.2) is 9.07 Å². The van der Waals surface area contributed by atoms with Crippen LogP contribution in [0.5, 0.6) is 5.75 Å². The van der Waals surface area contributed by atoms with E-state index in [4.69, 9.17) is 9.84 Å². The van der Waals surface area contributed by atoms with Gasteiger partial charge in [-0.05, 0) is 48.5 Å². The van der Waals surface area contributed by atoms with Crippen LogP contribution in [0.4, 0.5) is 4.39 Å². The highest BCUT2D eigenvalue weighted by molar-refractivity contribution is 5.97. The highest BCUT2D eigenvalue weighted by Gasteiger charge is 2.17. The molecule has 4 rings (SSSR count). The molecule has 0 unspecified atom stereocenters. The van der Waals surface area contributed by atoms with Crippen LogP contribution in [0, 0.1) is 5.82 Å². The number of hydrogen-bond donors (Lipinski definition) is 1. The van der Waals surface area contributed by atoms with E-state index in [1.165, 1.54) is 17.0 Å². The molecule has 0 saturated heterocycles. The molecule has 1 N–H and O–H groups in total. The lowest BCUT2D eigenvalue weighted by molar-refractivity contribution is -0.130. The lowest BCUT2D eigenvalue weighted by Crippen LogP contribution is -2.28. The summed E-state index contributed by atoms with van der Waals surface area (Å²) in [6, 6.07) is 22.4. The van der Waals surface area contributed by atoms with E-state index in [2.05, 4.69) is 5.32 Å². The van der Waals surface area contributed by atoms with Gasteiger partial charge in [-0.15, -0.1) is 0 Å². The number of halogens is 1. The summed E-state index contributed by atoms with van der Waals surface area (Å²) in [6.07, 6.45) is 1.84. The number of nitrogens with one attached hydrogen (secondary N) is 1. The Kier molecular flexibility index (Phi) is 7.21. The van der Waals surface area contributed by atoms with Crippen molar-refractivity contribution < 1.29 is 18.7 Å². The molecule has 0 fully saturated rings. The molecular formula is C27H25FN4O3. The second-order valence-electron chi connectivity index (χ2n) is 8.05. The largest absolute Gasteiger partial charge is 0.483 e. The molecule has 2 amide bonds. The van der Waals surface area contributed by atoms with E-state index >= 15 is 0 Å². The number of benzene rings is 3. The summed E-state index contributed by atoms with van der Waals surface area (Å²) in [7, 11) is 3.28. The number of hydrogen-bond acceptors (Lipinski definition) is 4. The maximum Gasteiger partial charge on any atom is 0.259 e. The van der Waals surface area contributed by atoms with Crippen LogP contribution >= 0.6 is 0 Å². The number of rotatable bonds is 8. The Hall–Kier alpha value is -4.46. The van der Waals surface area contributed by atoms with Gasteiger partial charge in [-0.1, -0.05) is 30.3 Å². The summed E-state index contributed by atoms with van der Waals surface area (Å²) in [5, 5.41) is 7.60. The molecule has 178 valence electrons. The fourth-order valence-electron chi connectivity index (χ4n) is 3.42. The van der Waals surface area contributed by atoms with E-state index in [0.717, 1.165) is 16.8 Å². The first kappa shape index (κ1) is 23.7. The molecule has 0 bridgehead atoms. The highest BCUT2D eigenvalue weighted by Crippen LogP contribution is 2.25. The first-order chi connectivity index (χ1) is 16.9. The van der Waals surface area contributed by atoms with E-state index < -0.39 is 0 Å². The summed E-state index contributed by atoms with van der Waals surface area (Å²) < 4.78 is 20.8. The molecule has 0 aliphatic carbocycles. The second kappa shape index (κ2) is 10.6. The standard InChI is InChI=1S/C27H25FN4O3/c1-31(2)25(33)18-35-24-11-7-6-10-23(24)27(34)29-16-20-17-32(22-8-4-3-5-9-22)30-26(20)19-12-14-21(28)15-13-19/h3-15,17H,16,18H2,1-2H3,(H,29,34). The highest BCUT2D eigenvalue weighted by atomic mass is 19.1. The third-order valence-corrected chi connectivity index (χ3v) is 5.35. The molecule has 3 aromatic carbocycles. The van der Waals surface area contributed by atoms with Crippen LogP contribution in [0.2, 0.25) is 0 Å². The molecule has 0 saturated carbocycles. The van der Waals surface area contributed by atoms with Gasteiger partial charge in [0.15, 0.2) is 6.61 Å². The fraction of sp³-hybridized carbons (Fsp3) is 0.148. The van der Waals surface area contributed by atoms with Crippen molar-refractivity contribution in [2.75, 3.05) is 20.7 Å². The van der Waals surface area contributed by atoms with Gasteiger partial charge in [0.1, 0.15) is 11.6 Å². The Morgan fingerprint density at radius 2 is 1.66 bits per heavy atom. The molecule has 0 atom stereocenters. The van der Waals surface area contributed by atoms with Gasteiger partial charge in [-0.3, -0.25) is 9.59 Å². The second-order valence-corrected chi connectivity index (χ2v) is 8.05. The average molecular weight is 473 g/mol. The maximum absolute atomic E-state index is 13.5. The third kappa shape index (κ3) is 5.73. The van der Waals surface area contributed by atoms with Crippen LogP contribution in [0.3, 0.4) is 0 Å². The number of nitrogens with zero attached hydrogens (tertiary/aromatic N) is 3. The SMILES string of the molecule is CN(C)C(=O)COc1ccccc1C(=O)NCc1cn(-c2ccccc2)nc1-c1ccc(F)cc1. The summed E-state index contributed by atoms with van der Waals surface area (Å²) in [6.45, 7) is 0.0131. The third-order valence-electron chi connectivity index (χ3n) is 5.35. The lowest BCUT2D eigenvalue weighted by Gasteiger charge is -2.14. The molecule has 1 aromatic heterocycles. The molecule has 0 aliphatic rings. The van der Waals surface area contributed by atoms with Crippen molar-refractivity contribution in [3.63, 3.8) is 0 Å². The maximum atomic E-state index is 13.5. The monoisotopic (exact) mass is 472 g/mol. The Balaban J connectivity index is 1.57. The first-order valence-corrected chi connectivity index (χ1v) is 11.0. The smallest absolute Gasteiger partial charge is 0.259 e. The van der Waals surface area contributed by atoms with Crippen molar-refractivity contribution in [3.05, 3.63) is 102 Å². The summed E-state index contributed by atoms with van der Waals surface area (Å²) in [4.78, 5) is 26.3. The van der Waals surface area contributed by atoms with Crippen molar-refractivity contribution in [1.29, 1.82) is 0 Å². The number of para-hydroxylation sites is 2. The molecule has 0 spiro atoms. The summed E-state index contributed by atoms with van der Waals surface area (Å²) in [5.74, 6) is -0.581. The molecular weight excluding hydrogens is 447 g/mol. The molecule has 8 heteroatoms. The fourth-order valence-corrected chi connectivity index (χ4v) is 3.42. The molecule has 7 nitrogen and oxygen atoms in total. The zero-order valence-electron chi connectivity index (χ0n) is 19.4. The predicted octanol–water partition coefficient (Wildman–Crippen LogP) is 4.08. The van der Waals surface area contributed by atoms with Crippen LogP contribution in [-0.2, 0) is 11.3 Å². The Labute approximate surface area is 202 Å². The van der Waals surface area contributed by atoms with Gasteiger partial charge in [-0.2, -0.15) is 5.10 Å². The van der Waals surface area contributed by atoms with Crippen molar-refractivity contribution in [2.24, 2.45) is 0 Å². The van der Waals surface area contributed by atoms with Gasteiger partial charge in [0.2, 0.25) is 0 Å². The minimum Gasteiger partial charge on any atom is -0.483 e. The molecule has 35 heavy (non-hydrogen) atoms. The number of likely N-dealkylation sites (N-methyl/N-ethyl adjacent to an activating group) is 1. The summed E-state index contributed by atoms with van der Waals surface area (Å²) >= 11 is 0. The predicted molar refractivity (Wildman–Crippen MR) is 131 cm³/mol. The average Bonchev–Trinajstić information content (AvgIpc) is 3.31. The molecule has 0 aliphatic heterocycles. The minimum absolute atomic E-state index is 0.171. The van der Waals surface area contributed by atoms with Gasteiger partial charge in [0.05, 0.1) is 16.9 Å². The zero-order valence-corrected chi connectivity index (χ0v) is 19.4. The Morgan fingerprint density at radius 3 is 2.37 bits per heavy atom. The quantitative estimate of drug-likeness (QED) is 0.419.